The van der Waals surface area contributed by atoms with Gasteiger partial charge in [0, 0.05) is 24.9 Å². The molecule has 6 nitrogen and oxygen atoms in total. The molecule has 1 amide bonds. The van der Waals surface area contributed by atoms with Gasteiger partial charge in [0.1, 0.15) is 11.6 Å². The fraction of sp³-hybridized carbons (Fsp3) is 0.450. The van der Waals surface area contributed by atoms with Crippen molar-refractivity contribution >= 4 is 17.6 Å². The van der Waals surface area contributed by atoms with E-state index in [1.807, 2.05) is 24.3 Å². The maximum atomic E-state index is 12.1. The minimum atomic E-state index is -0.811. The maximum Gasteiger partial charge on any atom is 0.303 e. The molecule has 6 heteroatoms. The second kappa shape index (κ2) is 11.7. The molecule has 0 aliphatic rings. The van der Waals surface area contributed by atoms with Crippen LogP contribution in [-0.4, -0.2) is 23.5 Å². The summed E-state index contributed by atoms with van der Waals surface area (Å²) in [5, 5.41) is 23.6. The number of rotatable bonds is 11. The van der Waals surface area contributed by atoms with Crippen LogP contribution in [0.2, 0.25) is 0 Å². The van der Waals surface area contributed by atoms with Gasteiger partial charge in [-0.3, -0.25) is 9.59 Å². The number of carboxylic acids is 1. The maximum absolute atomic E-state index is 12.1. The summed E-state index contributed by atoms with van der Waals surface area (Å²) < 4.78 is 0. The minimum absolute atomic E-state index is 0.0171. The van der Waals surface area contributed by atoms with Crippen molar-refractivity contribution in [1.82, 2.24) is 5.32 Å². The van der Waals surface area contributed by atoms with Gasteiger partial charge < -0.3 is 15.7 Å². The Hall–Kier alpha value is -2.81. The third-order valence-corrected chi connectivity index (χ3v) is 4.08. The van der Waals surface area contributed by atoms with Gasteiger partial charge >= 0.3 is 5.97 Å². The van der Waals surface area contributed by atoms with Crippen molar-refractivity contribution in [2.24, 2.45) is 0 Å². The van der Waals surface area contributed by atoms with Gasteiger partial charge in [0.25, 0.3) is 5.91 Å². The number of carbonyl (C=O) groups is 2. The second-order valence-electron chi connectivity index (χ2n) is 5.93. The van der Waals surface area contributed by atoms with Crippen molar-refractivity contribution in [3.05, 3.63) is 41.1 Å². The van der Waals surface area contributed by atoms with E-state index in [2.05, 4.69) is 24.5 Å². The van der Waals surface area contributed by atoms with E-state index in [9.17, 15) is 14.9 Å². The highest BCUT2D eigenvalue weighted by Crippen LogP contribution is 2.22. The monoisotopic (exact) mass is 357 g/mol. The first kappa shape index (κ1) is 21.2. The van der Waals surface area contributed by atoms with E-state index in [4.69, 9.17) is 5.11 Å². The molecule has 26 heavy (non-hydrogen) atoms. The van der Waals surface area contributed by atoms with Crippen LogP contribution >= 0.6 is 0 Å². The van der Waals surface area contributed by atoms with Crippen molar-refractivity contribution < 1.29 is 14.7 Å². The van der Waals surface area contributed by atoms with Crippen LogP contribution in [0.4, 0.5) is 5.69 Å². The lowest BCUT2D eigenvalue weighted by molar-refractivity contribution is -0.137. The highest BCUT2D eigenvalue weighted by Gasteiger charge is 2.10. The zero-order valence-electron chi connectivity index (χ0n) is 15.5. The summed E-state index contributed by atoms with van der Waals surface area (Å²) in [6, 6.07) is 7.98. The highest BCUT2D eigenvalue weighted by molar-refractivity contribution is 5.97. The number of unbranched alkanes of at least 4 members (excludes halogenated alkanes) is 2. The van der Waals surface area contributed by atoms with Crippen LogP contribution in [0, 0.1) is 11.3 Å². The number of hydrogen-bond acceptors (Lipinski definition) is 4. The molecule has 0 aliphatic heterocycles. The van der Waals surface area contributed by atoms with Gasteiger partial charge in [-0.2, -0.15) is 5.26 Å². The third-order valence-electron chi connectivity index (χ3n) is 4.08. The number of nitriles is 1. The van der Waals surface area contributed by atoms with Crippen molar-refractivity contribution in [2.75, 3.05) is 11.9 Å². The van der Waals surface area contributed by atoms with E-state index in [-0.39, 0.29) is 12.0 Å². The molecule has 3 N–H and O–H groups in total. The Bertz CT molecular complexity index is 668. The summed E-state index contributed by atoms with van der Waals surface area (Å²) in [4.78, 5) is 22.5. The van der Waals surface area contributed by atoms with Crippen LogP contribution in [-0.2, 0) is 22.4 Å². The number of hydrogen-bond donors (Lipinski definition) is 3. The molecule has 0 radical (unpaired) electrons. The summed E-state index contributed by atoms with van der Waals surface area (Å²) in [6.07, 6.45) is 5.29. The number of carboxylic acid groups (broad SMARTS) is 1. The van der Waals surface area contributed by atoms with Gasteiger partial charge in [-0.05, 0) is 36.8 Å². The standard InChI is InChI=1S/C20H27N3O3/c1-3-15-9-8-10-16(4-2)19(15)23-14-17(13-21)20(26)22-12-7-5-6-11-18(24)25/h8-10,14,23H,3-7,11-12H2,1-2H3,(H,22,26)(H,24,25)/b17-14-. The van der Waals surface area contributed by atoms with Crippen LogP contribution in [0.5, 0.6) is 0 Å². The molecular formula is C20H27N3O3. The number of carbonyl (C=O) groups excluding carboxylic acids is 1. The Morgan fingerprint density at radius 1 is 1.15 bits per heavy atom. The number of aryl methyl sites for hydroxylation is 2. The Labute approximate surface area is 154 Å². The Morgan fingerprint density at radius 3 is 2.35 bits per heavy atom. The summed E-state index contributed by atoms with van der Waals surface area (Å²) in [5.41, 5.74) is 3.24. The van der Waals surface area contributed by atoms with Gasteiger partial charge in [0.05, 0.1) is 0 Å². The Balaban J connectivity index is 2.62. The van der Waals surface area contributed by atoms with Crippen molar-refractivity contribution in [3.8, 4) is 6.07 Å². The zero-order valence-corrected chi connectivity index (χ0v) is 15.5. The molecule has 0 fully saturated rings. The number of benzene rings is 1. The van der Waals surface area contributed by atoms with Gasteiger partial charge in [-0.1, -0.05) is 38.5 Å². The lowest BCUT2D eigenvalue weighted by atomic mass is 10.0. The molecule has 1 rings (SSSR count). The molecule has 0 unspecified atom stereocenters. The Kier molecular flexibility index (Phi) is 9.55. The summed E-state index contributed by atoms with van der Waals surface area (Å²) in [5.74, 6) is -1.24. The number of nitrogens with one attached hydrogen (secondary N) is 2. The predicted octanol–water partition coefficient (Wildman–Crippen LogP) is 3.39. The van der Waals surface area contributed by atoms with Crippen molar-refractivity contribution in [3.63, 3.8) is 0 Å². The van der Waals surface area contributed by atoms with Gasteiger partial charge in [0.2, 0.25) is 0 Å². The molecule has 0 bridgehead atoms. The van der Waals surface area contributed by atoms with Crippen LogP contribution in [0.3, 0.4) is 0 Å². The zero-order chi connectivity index (χ0) is 19.4. The molecule has 0 spiro atoms. The Morgan fingerprint density at radius 2 is 1.81 bits per heavy atom. The smallest absolute Gasteiger partial charge is 0.303 e. The van der Waals surface area contributed by atoms with E-state index in [0.717, 1.165) is 36.1 Å². The number of para-hydroxylation sites is 1. The summed E-state index contributed by atoms with van der Waals surface area (Å²) >= 11 is 0. The van der Waals surface area contributed by atoms with E-state index < -0.39 is 11.9 Å². The molecule has 0 atom stereocenters. The SMILES string of the molecule is CCc1cccc(CC)c1N/C=C(/C#N)C(=O)NCCCCCC(=O)O. The predicted molar refractivity (Wildman–Crippen MR) is 102 cm³/mol. The number of nitrogens with zero attached hydrogens (tertiary/aromatic N) is 1. The molecule has 0 aliphatic carbocycles. The van der Waals surface area contributed by atoms with Crippen molar-refractivity contribution in [2.45, 2.75) is 52.4 Å². The van der Waals surface area contributed by atoms with E-state index in [1.54, 1.807) is 0 Å². The van der Waals surface area contributed by atoms with Crippen LogP contribution in [0.25, 0.3) is 0 Å². The lowest BCUT2D eigenvalue weighted by Gasteiger charge is -2.13. The first-order valence-corrected chi connectivity index (χ1v) is 9.01. The third kappa shape index (κ3) is 6.98. The second-order valence-corrected chi connectivity index (χ2v) is 5.93. The van der Waals surface area contributed by atoms with Crippen LogP contribution < -0.4 is 10.6 Å². The fourth-order valence-electron chi connectivity index (χ4n) is 2.60. The number of amides is 1. The highest BCUT2D eigenvalue weighted by atomic mass is 16.4. The molecule has 0 saturated carbocycles. The molecular weight excluding hydrogens is 330 g/mol. The minimum Gasteiger partial charge on any atom is -0.481 e. The topological polar surface area (TPSA) is 102 Å². The van der Waals surface area contributed by atoms with E-state index in [1.165, 1.54) is 6.20 Å². The quantitative estimate of drug-likeness (QED) is 0.320. The molecule has 0 saturated heterocycles. The molecule has 140 valence electrons. The van der Waals surface area contributed by atoms with Gasteiger partial charge in [-0.15, -0.1) is 0 Å². The first-order chi connectivity index (χ1) is 12.5. The average molecular weight is 357 g/mol. The normalized spacial score (nSPS) is 10.9. The lowest BCUT2D eigenvalue weighted by Crippen LogP contribution is -2.26. The number of anilines is 1. The van der Waals surface area contributed by atoms with Gasteiger partial charge in [0.15, 0.2) is 0 Å². The summed E-state index contributed by atoms with van der Waals surface area (Å²) in [6.45, 7) is 4.54. The fourth-order valence-corrected chi connectivity index (χ4v) is 2.60. The largest absolute Gasteiger partial charge is 0.481 e. The van der Waals surface area contributed by atoms with Crippen LogP contribution in [0.15, 0.2) is 30.0 Å². The summed E-state index contributed by atoms with van der Waals surface area (Å²) in [7, 11) is 0. The number of aliphatic carboxylic acids is 1. The van der Waals surface area contributed by atoms with Crippen molar-refractivity contribution in [1.29, 1.82) is 5.26 Å². The molecule has 0 aromatic heterocycles. The average Bonchev–Trinajstić information content (AvgIpc) is 2.64. The van der Waals surface area contributed by atoms with Crippen LogP contribution in [0.1, 0.15) is 50.7 Å². The molecule has 0 heterocycles. The molecule has 1 aromatic rings. The first-order valence-electron chi connectivity index (χ1n) is 9.01. The van der Waals surface area contributed by atoms with E-state index in [0.29, 0.717) is 19.4 Å². The van der Waals surface area contributed by atoms with Gasteiger partial charge in [-0.25, -0.2) is 0 Å². The van der Waals surface area contributed by atoms with E-state index >= 15 is 0 Å². The molecule has 1 aromatic carbocycles.